The Morgan fingerprint density at radius 2 is 1.11 bits per heavy atom. The van der Waals surface area contributed by atoms with Crippen LogP contribution in [0, 0.1) is 0 Å². The van der Waals surface area contributed by atoms with Crippen molar-refractivity contribution < 1.29 is 5.11 Å². The maximum atomic E-state index is 8.55. The van der Waals surface area contributed by atoms with E-state index in [1.165, 1.54) is 77.0 Å². The lowest BCUT2D eigenvalue weighted by molar-refractivity contribution is 0.343. The number of hydrogen-bond donors (Lipinski definition) is 1. The second-order valence-corrected chi connectivity index (χ2v) is 5.36. The number of aliphatic hydroxyl groups is 1. The first-order valence-corrected chi connectivity index (χ1v) is 8.34. The number of aliphatic hydroxyl groups excluding tert-OH is 1. The molecule has 0 atom stereocenters. The summed E-state index contributed by atoms with van der Waals surface area (Å²) in [7, 11) is 0. The standard InChI is InChI=1S/C18H34O/c1-2-3-4-5-6-7-8-9-10-11-12-13-14-15-16-17-18-19/h14-17,19H,2-13,18H2,1H3/b15-14+,17-16-. The molecule has 112 valence electrons. The molecule has 0 aromatic carbocycles. The normalized spacial score (nSPS) is 11.9. The van der Waals surface area contributed by atoms with E-state index in [2.05, 4.69) is 13.0 Å². The Balaban J connectivity index is 3.02. The molecule has 0 aliphatic rings. The van der Waals surface area contributed by atoms with Gasteiger partial charge in [-0.25, -0.2) is 0 Å². The highest BCUT2D eigenvalue weighted by molar-refractivity contribution is 5.02. The van der Waals surface area contributed by atoms with E-state index < -0.39 is 0 Å². The van der Waals surface area contributed by atoms with Gasteiger partial charge in [0.25, 0.3) is 0 Å². The zero-order valence-electron chi connectivity index (χ0n) is 12.9. The predicted octanol–water partition coefficient (Wildman–Crippen LogP) is 5.79. The van der Waals surface area contributed by atoms with Gasteiger partial charge >= 0.3 is 0 Å². The Hall–Kier alpha value is -0.560. The van der Waals surface area contributed by atoms with Crippen molar-refractivity contribution in [3.05, 3.63) is 24.3 Å². The minimum Gasteiger partial charge on any atom is -0.392 e. The number of allylic oxidation sites excluding steroid dienone is 3. The largest absolute Gasteiger partial charge is 0.392 e. The van der Waals surface area contributed by atoms with Crippen LogP contribution in [0.1, 0.15) is 84.0 Å². The van der Waals surface area contributed by atoms with Gasteiger partial charge in [0.1, 0.15) is 0 Å². The maximum absolute atomic E-state index is 8.55. The van der Waals surface area contributed by atoms with E-state index in [4.69, 9.17) is 5.11 Å². The molecule has 0 heterocycles. The van der Waals surface area contributed by atoms with Gasteiger partial charge in [-0.15, -0.1) is 0 Å². The van der Waals surface area contributed by atoms with Crippen LogP contribution in [0.2, 0.25) is 0 Å². The van der Waals surface area contributed by atoms with Crippen molar-refractivity contribution >= 4 is 0 Å². The molecule has 0 rings (SSSR count). The predicted molar refractivity (Wildman–Crippen MR) is 86.4 cm³/mol. The molecule has 1 nitrogen and oxygen atoms in total. The molecule has 0 radical (unpaired) electrons. The molecule has 0 bridgehead atoms. The van der Waals surface area contributed by atoms with Gasteiger partial charge < -0.3 is 5.11 Å². The van der Waals surface area contributed by atoms with Gasteiger partial charge in [-0.3, -0.25) is 0 Å². The van der Waals surface area contributed by atoms with Gasteiger partial charge in [0.05, 0.1) is 6.61 Å². The smallest absolute Gasteiger partial charge is 0.0615 e. The summed E-state index contributed by atoms with van der Waals surface area (Å²) in [5, 5.41) is 8.55. The lowest BCUT2D eigenvalue weighted by Gasteiger charge is -2.01. The fraction of sp³-hybridized carbons (Fsp3) is 0.778. The summed E-state index contributed by atoms with van der Waals surface area (Å²) in [6.07, 6.45) is 24.5. The van der Waals surface area contributed by atoms with Crippen molar-refractivity contribution in [2.24, 2.45) is 0 Å². The van der Waals surface area contributed by atoms with Gasteiger partial charge in [-0.2, -0.15) is 0 Å². The Labute approximate surface area is 120 Å². The first-order chi connectivity index (χ1) is 9.41. The van der Waals surface area contributed by atoms with Crippen molar-refractivity contribution in [2.75, 3.05) is 6.61 Å². The molecular weight excluding hydrogens is 232 g/mol. The van der Waals surface area contributed by atoms with Crippen LogP contribution in [0.5, 0.6) is 0 Å². The molecule has 0 unspecified atom stereocenters. The van der Waals surface area contributed by atoms with Gasteiger partial charge in [-0.05, 0) is 12.8 Å². The maximum Gasteiger partial charge on any atom is 0.0615 e. The fourth-order valence-corrected chi connectivity index (χ4v) is 2.24. The van der Waals surface area contributed by atoms with Gasteiger partial charge in [0.15, 0.2) is 0 Å². The van der Waals surface area contributed by atoms with E-state index in [1.54, 1.807) is 6.08 Å². The molecule has 0 aromatic rings. The van der Waals surface area contributed by atoms with Gasteiger partial charge in [-0.1, -0.05) is 95.4 Å². The summed E-state index contributed by atoms with van der Waals surface area (Å²) >= 11 is 0. The topological polar surface area (TPSA) is 20.2 Å². The van der Waals surface area contributed by atoms with Crippen LogP contribution >= 0.6 is 0 Å². The summed E-state index contributed by atoms with van der Waals surface area (Å²) in [6, 6.07) is 0. The highest BCUT2D eigenvalue weighted by atomic mass is 16.2. The van der Waals surface area contributed by atoms with Crippen molar-refractivity contribution in [1.82, 2.24) is 0 Å². The molecule has 0 spiro atoms. The van der Waals surface area contributed by atoms with E-state index in [0.717, 1.165) is 0 Å². The van der Waals surface area contributed by atoms with Crippen LogP contribution < -0.4 is 0 Å². The SMILES string of the molecule is CCCCCCCCCCCCC/C=C/C=C\CO. The van der Waals surface area contributed by atoms with Crippen LogP contribution in [0.15, 0.2) is 24.3 Å². The first-order valence-electron chi connectivity index (χ1n) is 8.34. The Kier molecular flexibility index (Phi) is 16.9. The van der Waals surface area contributed by atoms with Gasteiger partial charge in [0.2, 0.25) is 0 Å². The summed E-state index contributed by atoms with van der Waals surface area (Å²) < 4.78 is 0. The van der Waals surface area contributed by atoms with E-state index in [0.29, 0.717) is 0 Å². The van der Waals surface area contributed by atoms with Crippen molar-refractivity contribution in [1.29, 1.82) is 0 Å². The van der Waals surface area contributed by atoms with Crippen LogP contribution in [0.4, 0.5) is 0 Å². The second kappa shape index (κ2) is 17.4. The summed E-state index contributed by atoms with van der Waals surface area (Å²) in [5.41, 5.74) is 0. The number of rotatable bonds is 14. The Morgan fingerprint density at radius 1 is 0.632 bits per heavy atom. The van der Waals surface area contributed by atoms with Crippen molar-refractivity contribution in [2.45, 2.75) is 84.0 Å². The summed E-state index contributed by atoms with van der Waals surface area (Å²) in [4.78, 5) is 0. The molecular formula is C18H34O. The lowest BCUT2D eigenvalue weighted by Crippen LogP contribution is -1.81. The van der Waals surface area contributed by atoms with Crippen LogP contribution in [0.25, 0.3) is 0 Å². The highest BCUT2D eigenvalue weighted by Crippen LogP contribution is 2.11. The molecule has 0 amide bonds. The average molecular weight is 266 g/mol. The quantitative estimate of drug-likeness (QED) is 0.311. The molecule has 0 saturated carbocycles. The zero-order chi connectivity index (χ0) is 14.0. The minimum atomic E-state index is 0.142. The first kappa shape index (κ1) is 18.4. The second-order valence-electron chi connectivity index (χ2n) is 5.36. The van der Waals surface area contributed by atoms with E-state index in [-0.39, 0.29) is 6.61 Å². The molecule has 1 N–H and O–H groups in total. The highest BCUT2D eigenvalue weighted by Gasteiger charge is 1.92. The third-order valence-electron chi connectivity index (χ3n) is 3.46. The zero-order valence-corrected chi connectivity index (χ0v) is 12.9. The number of hydrogen-bond acceptors (Lipinski definition) is 1. The lowest BCUT2D eigenvalue weighted by atomic mass is 10.1. The average Bonchev–Trinajstić information content (AvgIpc) is 2.43. The van der Waals surface area contributed by atoms with Crippen molar-refractivity contribution in [3.8, 4) is 0 Å². The Morgan fingerprint density at radius 3 is 1.63 bits per heavy atom. The third kappa shape index (κ3) is 17.4. The van der Waals surface area contributed by atoms with E-state index in [1.807, 2.05) is 12.2 Å². The Bertz CT molecular complexity index is 206. The number of unbranched alkanes of at least 4 members (excludes halogenated alkanes) is 11. The molecule has 0 aliphatic carbocycles. The molecule has 19 heavy (non-hydrogen) atoms. The molecule has 0 fully saturated rings. The van der Waals surface area contributed by atoms with E-state index in [9.17, 15) is 0 Å². The van der Waals surface area contributed by atoms with E-state index >= 15 is 0 Å². The summed E-state index contributed by atoms with van der Waals surface area (Å²) in [5.74, 6) is 0. The van der Waals surface area contributed by atoms with Crippen LogP contribution in [0.3, 0.4) is 0 Å². The molecule has 0 aromatic heterocycles. The van der Waals surface area contributed by atoms with Crippen molar-refractivity contribution in [3.63, 3.8) is 0 Å². The molecule has 0 aliphatic heterocycles. The minimum absolute atomic E-state index is 0.142. The van der Waals surface area contributed by atoms with Crippen LogP contribution in [-0.4, -0.2) is 11.7 Å². The third-order valence-corrected chi connectivity index (χ3v) is 3.46. The molecule has 1 heteroatoms. The monoisotopic (exact) mass is 266 g/mol. The fourth-order valence-electron chi connectivity index (χ4n) is 2.24. The molecule has 0 saturated heterocycles. The summed E-state index contributed by atoms with van der Waals surface area (Å²) in [6.45, 7) is 2.42. The van der Waals surface area contributed by atoms with Crippen LogP contribution in [-0.2, 0) is 0 Å². The van der Waals surface area contributed by atoms with Gasteiger partial charge in [0, 0.05) is 0 Å².